The second-order valence-electron chi connectivity index (χ2n) is 4.51. The Morgan fingerprint density at radius 2 is 1.77 bits per heavy atom. The molecule has 0 aliphatic carbocycles. The van der Waals surface area contributed by atoms with Gasteiger partial charge in [-0.25, -0.2) is 0 Å². The minimum Gasteiger partial charge on any atom is -0.322 e. The third-order valence-corrected chi connectivity index (χ3v) is 3.19. The number of ketones is 1. The summed E-state index contributed by atoms with van der Waals surface area (Å²) in [7, 11) is 0. The van der Waals surface area contributed by atoms with E-state index in [9.17, 15) is 19.7 Å². The first-order chi connectivity index (χ1) is 10.4. The van der Waals surface area contributed by atoms with Crippen LogP contribution in [0.15, 0.2) is 42.5 Å². The average molecular weight is 319 g/mol. The monoisotopic (exact) mass is 318 g/mol. The minimum atomic E-state index is -0.667. The van der Waals surface area contributed by atoms with Crippen LogP contribution in [-0.4, -0.2) is 16.6 Å². The number of anilines is 1. The highest BCUT2D eigenvalue weighted by atomic mass is 35.5. The molecule has 0 aliphatic rings. The van der Waals surface area contributed by atoms with E-state index in [-0.39, 0.29) is 22.1 Å². The molecule has 0 fully saturated rings. The zero-order valence-corrected chi connectivity index (χ0v) is 12.3. The summed E-state index contributed by atoms with van der Waals surface area (Å²) in [5, 5.41) is 13.7. The van der Waals surface area contributed by atoms with Gasteiger partial charge in [0.1, 0.15) is 5.56 Å². The van der Waals surface area contributed by atoms with Crippen molar-refractivity contribution in [2.45, 2.75) is 6.92 Å². The maximum absolute atomic E-state index is 12.1. The van der Waals surface area contributed by atoms with E-state index in [2.05, 4.69) is 5.32 Å². The Balaban J connectivity index is 2.26. The Morgan fingerprint density at radius 3 is 2.32 bits per heavy atom. The van der Waals surface area contributed by atoms with E-state index in [0.29, 0.717) is 11.3 Å². The SMILES string of the molecule is CC(=O)c1ccc(NC(=O)c2ccc(Cl)cc2[N+](=O)[O-])cc1. The summed E-state index contributed by atoms with van der Waals surface area (Å²) < 4.78 is 0. The average Bonchev–Trinajstić information content (AvgIpc) is 2.47. The molecule has 7 heteroatoms. The second-order valence-corrected chi connectivity index (χ2v) is 4.94. The van der Waals surface area contributed by atoms with E-state index in [1.165, 1.54) is 19.1 Å². The summed E-state index contributed by atoms with van der Waals surface area (Å²) in [4.78, 5) is 33.6. The summed E-state index contributed by atoms with van der Waals surface area (Å²) in [6.45, 7) is 1.44. The van der Waals surface area contributed by atoms with E-state index < -0.39 is 10.8 Å². The van der Waals surface area contributed by atoms with Crippen LogP contribution in [0.25, 0.3) is 0 Å². The first kappa shape index (κ1) is 15.7. The normalized spacial score (nSPS) is 10.1. The van der Waals surface area contributed by atoms with Gasteiger partial charge in [-0.15, -0.1) is 0 Å². The fourth-order valence-corrected chi connectivity index (χ4v) is 2.00. The number of hydrogen-bond acceptors (Lipinski definition) is 4. The molecule has 22 heavy (non-hydrogen) atoms. The standard InChI is InChI=1S/C15H11ClN2O4/c1-9(19)10-2-5-12(6-3-10)17-15(20)13-7-4-11(16)8-14(13)18(21)22/h2-8H,1H3,(H,17,20). The molecule has 0 saturated carbocycles. The summed E-state index contributed by atoms with van der Waals surface area (Å²) in [6.07, 6.45) is 0. The van der Waals surface area contributed by atoms with Gasteiger partial charge < -0.3 is 5.32 Å². The molecule has 0 aliphatic heterocycles. The summed E-state index contributed by atoms with van der Waals surface area (Å²) in [5.41, 5.74) is 0.477. The fraction of sp³-hybridized carbons (Fsp3) is 0.0667. The van der Waals surface area contributed by atoms with E-state index in [1.54, 1.807) is 24.3 Å². The van der Waals surface area contributed by atoms with Crippen molar-refractivity contribution in [3.8, 4) is 0 Å². The highest BCUT2D eigenvalue weighted by Gasteiger charge is 2.20. The van der Waals surface area contributed by atoms with Gasteiger partial charge in [0.15, 0.2) is 5.78 Å². The molecule has 1 amide bonds. The fourth-order valence-electron chi connectivity index (χ4n) is 1.83. The Kier molecular flexibility index (Phi) is 4.53. The van der Waals surface area contributed by atoms with E-state index >= 15 is 0 Å². The number of nitro groups is 1. The predicted octanol–water partition coefficient (Wildman–Crippen LogP) is 3.70. The number of carbonyl (C=O) groups is 2. The number of halogens is 1. The molecule has 0 atom stereocenters. The zero-order valence-electron chi connectivity index (χ0n) is 11.5. The third-order valence-electron chi connectivity index (χ3n) is 2.95. The Morgan fingerprint density at radius 1 is 1.14 bits per heavy atom. The molecule has 2 aromatic carbocycles. The minimum absolute atomic E-state index is 0.0915. The predicted molar refractivity (Wildman–Crippen MR) is 82.5 cm³/mol. The highest BCUT2D eigenvalue weighted by molar-refractivity contribution is 6.31. The van der Waals surface area contributed by atoms with Crippen LogP contribution in [0, 0.1) is 10.1 Å². The van der Waals surface area contributed by atoms with E-state index in [1.807, 2.05) is 0 Å². The molecule has 6 nitrogen and oxygen atoms in total. The maximum atomic E-state index is 12.1. The molecule has 0 unspecified atom stereocenters. The van der Waals surface area contributed by atoms with Gasteiger partial charge in [-0.2, -0.15) is 0 Å². The van der Waals surface area contributed by atoms with Crippen molar-refractivity contribution in [1.82, 2.24) is 0 Å². The van der Waals surface area contributed by atoms with Crippen LogP contribution in [0.1, 0.15) is 27.6 Å². The van der Waals surface area contributed by atoms with Gasteiger partial charge in [-0.1, -0.05) is 11.6 Å². The van der Waals surface area contributed by atoms with Crippen molar-refractivity contribution in [2.75, 3.05) is 5.32 Å². The van der Waals surface area contributed by atoms with E-state index in [0.717, 1.165) is 6.07 Å². The Labute approximate surface area is 130 Å². The highest BCUT2D eigenvalue weighted by Crippen LogP contribution is 2.24. The number of nitrogens with zero attached hydrogens (tertiary/aromatic N) is 1. The van der Waals surface area contributed by atoms with Crippen LogP contribution in [0.5, 0.6) is 0 Å². The quantitative estimate of drug-likeness (QED) is 0.528. The van der Waals surface area contributed by atoms with Crippen LogP contribution in [0.3, 0.4) is 0 Å². The summed E-state index contributed by atoms with van der Waals surface area (Å²) in [6, 6.07) is 10.0. The Bertz CT molecular complexity index is 757. The van der Waals surface area contributed by atoms with Gasteiger partial charge in [-0.05, 0) is 43.3 Å². The third kappa shape index (κ3) is 3.48. The second kappa shape index (κ2) is 6.36. The lowest BCUT2D eigenvalue weighted by atomic mass is 10.1. The van der Waals surface area contributed by atoms with Crippen molar-refractivity contribution in [3.63, 3.8) is 0 Å². The van der Waals surface area contributed by atoms with Gasteiger partial charge >= 0.3 is 0 Å². The lowest BCUT2D eigenvalue weighted by Crippen LogP contribution is -2.14. The molecule has 0 radical (unpaired) electrons. The molecule has 1 N–H and O–H groups in total. The molecular formula is C15H11ClN2O4. The molecule has 2 rings (SSSR count). The number of benzene rings is 2. The maximum Gasteiger partial charge on any atom is 0.283 e. The molecule has 2 aromatic rings. The van der Waals surface area contributed by atoms with Crippen molar-refractivity contribution in [2.24, 2.45) is 0 Å². The van der Waals surface area contributed by atoms with Crippen LogP contribution in [0.4, 0.5) is 11.4 Å². The van der Waals surface area contributed by atoms with Crippen molar-refractivity contribution in [3.05, 3.63) is 68.7 Å². The van der Waals surface area contributed by atoms with Crippen molar-refractivity contribution in [1.29, 1.82) is 0 Å². The number of rotatable bonds is 4. The van der Waals surface area contributed by atoms with Crippen LogP contribution < -0.4 is 5.32 Å². The van der Waals surface area contributed by atoms with Gasteiger partial charge in [0.2, 0.25) is 0 Å². The molecular weight excluding hydrogens is 308 g/mol. The smallest absolute Gasteiger partial charge is 0.283 e. The van der Waals surface area contributed by atoms with E-state index in [4.69, 9.17) is 11.6 Å². The molecule has 112 valence electrons. The lowest BCUT2D eigenvalue weighted by molar-refractivity contribution is -0.385. The summed E-state index contributed by atoms with van der Waals surface area (Å²) in [5.74, 6) is -0.717. The molecule has 0 aromatic heterocycles. The first-order valence-electron chi connectivity index (χ1n) is 6.25. The van der Waals surface area contributed by atoms with Gasteiger partial charge in [-0.3, -0.25) is 19.7 Å². The van der Waals surface area contributed by atoms with Gasteiger partial charge in [0, 0.05) is 22.3 Å². The molecule has 0 heterocycles. The van der Waals surface area contributed by atoms with Crippen LogP contribution in [-0.2, 0) is 0 Å². The number of nitrogens with one attached hydrogen (secondary N) is 1. The number of carbonyl (C=O) groups excluding carboxylic acids is 2. The van der Waals surface area contributed by atoms with Crippen LogP contribution >= 0.6 is 11.6 Å². The number of hydrogen-bond donors (Lipinski definition) is 1. The lowest BCUT2D eigenvalue weighted by Gasteiger charge is -2.06. The Hall–Kier alpha value is -2.73. The molecule has 0 bridgehead atoms. The van der Waals surface area contributed by atoms with Crippen LogP contribution in [0.2, 0.25) is 5.02 Å². The first-order valence-corrected chi connectivity index (χ1v) is 6.62. The zero-order chi connectivity index (χ0) is 16.3. The van der Waals surface area contributed by atoms with Gasteiger partial charge in [0.05, 0.1) is 4.92 Å². The summed E-state index contributed by atoms with van der Waals surface area (Å²) >= 11 is 5.70. The largest absolute Gasteiger partial charge is 0.322 e. The number of nitro benzene ring substituents is 1. The van der Waals surface area contributed by atoms with Crippen molar-refractivity contribution >= 4 is 34.7 Å². The molecule has 0 spiro atoms. The molecule has 0 saturated heterocycles. The number of Topliss-reactive ketones (excluding diaryl/α,β-unsaturated/α-hetero) is 1. The van der Waals surface area contributed by atoms with Crippen molar-refractivity contribution < 1.29 is 14.5 Å². The topological polar surface area (TPSA) is 89.3 Å². The number of amides is 1. The van der Waals surface area contributed by atoms with Gasteiger partial charge in [0.25, 0.3) is 11.6 Å².